The van der Waals surface area contributed by atoms with Crippen LogP contribution < -0.4 is 10.9 Å². The van der Waals surface area contributed by atoms with E-state index >= 15 is 0 Å². The van der Waals surface area contributed by atoms with Crippen LogP contribution in [0.25, 0.3) is 0 Å². The molecular formula is C13H21N3O3. The number of hydrogen-bond donors (Lipinski definition) is 2. The number of rotatable bonds is 7. The molecule has 0 aliphatic heterocycles. The Morgan fingerprint density at radius 3 is 2.74 bits per heavy atom. The highest BCUT2D eigenvalue weighted by Gasteiger charge is 2.15. The summed E-state index contributed by atoms with van der Waals surface area (Å²) >= 11 is 0. The second-order valence-electron chi connectivity index (χ2n) is 4.95. The average molecular weight is 267 g/mol. The van der Waals surface area contributed by atoms with Crippen LogP contribution >= 0.6 is 0 Å². The maximum Gasteiger partial charge on any atom is 0.308 e. The lowest BCUT2D eigenvalue weighted by molar-refractivity contribution is -0.141. The zero-order chi connectivity index (χ0) is 14.4. The van der Waals surface area contributed by atoms with Gasteiger partial charge >= 0.3 is 5.97 Å². The lowest BCUT2D eigenvalue weighted by atomic mass is 10.1. The summed E-state index contributed by atoms with van der Waals surface area (Å²) < 4.78 is 1.59. The number of carboxylic acids is 1. The Hall–Kier alpha value is -1.85. The van der Waals surface area contributed by atoms with Gasteiger partial charge in [-0.15, -0.1) is 0 Å². The van der Waals surface area contributed by atoms with E-state index in [0.717, 1.165) is 0 Å². The standard InChI is InChI=1S/C13H21N3O3/c1-4-10(13(18)19)7-15-11-12(17)16(6-5-14-11)8-9(2)3/h5-6,9-10H,4,7-8H2,1-3H3,(H,14,15)(H,18,19). The summed E-state index contributed by atoms with van der Waals surface area (Å²) in [5.41, 5.74) is -0.212. The van der Waals surface area contributed by atoms with Crippen molar-refractivity contribution in [3.63, 3.8) is 0 Å². The predicted molar refractivity (Wildman–Crippen MR) is 73.2 cm³/mol. The Bertz CT molecular complexity index is 482. The van der Waals surface area contributed by atoms with E-state index in [1.807, 2.05) is 13.8 Å². The molecule has 19 heavy (non-hydrogen) atoms. The van der Waals surface area contributed by atoms with Crippen molar-refractivity contribution in [1.82, 2.24) is 9.55 Å². The molecule has 0 amide bonds. The highest BCUT2D eigenvalue weighted by molar-refractivity contribution is 5.70. The van der Waals surface area contributed by atoms with Crippen LogP contribution in [-0.4, -0.2) is 27.2 Å². The van der Waals surface area contributed by atoms with Gasteiger partial charge in [-0.05, 0) is 12.3 Å². The summed E-state index contributed by atoms with van der Waals surface area (Å²) in [5, 5.41) is 11.8. The Labute approximate surface area is 112 Å². The van der Waals surface area contributed by atoms with Gasteiger partial charge in [-0.25, -0.2) is 4.98 Å². The van der Waals surface area contributed by atoms with Gasteiger partial charge in [-0.2, -0.15) is 0 Å². The van der Waals surface area contributed by atoms with E-state index in [0.29, 0.717) is 18.9 Å². The molecule has 0 saturated carbocycles. The van der Waals surface area contributed by atoms with E-state index < -0.39 is 11.9 Å². The van der Waals surface area contributed by atoms with Crippen molar-refractivity contribution in [2.75, 3.05) is 11.9 Å². The highest BCUT2D eigenvalue weighted by atomic mass is 16.4. The van der Waals surface area contributed by atoms with Gasteiger partial charge in [0, 0.05) is 25.5 Å². The second kappa shape index (κ2) is 6.92. The number of carboxylic acid groups (broad SMARTS) is 1. The molecule has 2 N–H and O–H groups in total. The molecule has 0 bridgehead atoms. The minimum absolute atomic E-state index is 0.208. The summed E-state index contributed by atoms with van der Waals surface area (Å²) in [6, 6.07) is 0. The third-order valence-corrected chi connectivity index (χ3v) is 2.83. The van der Waals surface area contributed by atoms with E-state index in [1.54, 1.807) is 23.9 Å². The molecule has 0 radical (unpaired) electrons. The Kier molecular flexibility index (Phi) is 5.54. The smallest absolute Gasteiger partial charge is 0.308 e. The molecule has 1 aromatic heterocycles. The van der Waals surface area contributed by atoms with Crippen molar-refractivity contribution in [3.8, 4) is 0 Å². The van der Waals surface area contributed by atoms with Crippen LogP contribution in [0, 0.1) is 11.8 Å². The molecule has 0 spiro atoms. The first-order chi connectivity index (χ1) is 8.95. The van der Waals surface area contributed by atoms with Crippen molar-refractivity contribution in [1.29, 1.82) is 0 Å². The number of aliphatic carboxylic acids is 1. The maximum atomic E-state index is 12.1. The van der Waals surface area contributed by atoms with Crippen LogP contribution in [-0.2, 0) is 11.3 Å². The lowest BCUT2D eigenvalue weighted by Gasteiger charge is -2.13. The third kappa shape index (κ3) is 4.39. The van der Waals surface area contributed by atoms with E-state index in [-0.39, 0.29) is 17.9 Å². The van der Waals surface area contributed by atoms with Gasteiger partial charge in [0.05, 0.1) is 5.92 Å². The van der Waals surface area contributed by atoms with Gasteiger partial charge in [0.1, 0.15) is 0 Å². The fourth-order valence-corrected chi connectivity index (χ4v) is 1.73. The third-order valence-electron chi connectivity index (χ3n) is 2.83. The van der Waals surface area contributed by atoms with E-state index in [9.17, 15) is 9.59 Å². The first-order valence-corrected chi connectivity index (χ1v) is 6.47. The Balaban J connectivity index is 2.79. The predicted octanol–water partition coefficient (Wildman–Crippen LogP) is 1.42. The van der Waals surface area contributed by atoms with Gasteiger partial charge in [0.25, 0.3) is 5.56 Å². The topological polar surface area (TPSA) is 84.2 Å². The SMILES string of the molecule is CCC(CNc1nccn(CC(C)C)c1=O)C(=O)O. The van der Waals surface area contributed by atoms with Gasteiger partial charge in [0.2, 0.25) is 0 Å². The molecule has 1 aromatic rings. The first kappa shape index (κ1) is 15.2. The fraction of sp³-hybridized carbons (Fsp3) is 0.615. The summed E-state index contributed by atoms with van der Waals surface area (Å²) in [4.78, 5) is 26.9. The van der Waals surface area contributed by atoms with Gasteiger partial charge in [-0.3, -0.25) is 9.59 Å². The fourth-order valence-electron chi connectivity index (χ4n) is 1.73. The molecule has 6 nitrogen and oxygen atoms in total. The molecule has 0 aliphatic carbocycles. The molecular weight excluding hydrogens is 246 g/mol. The van der Waals surface area contributed by atoms with Crippen LogP contribution in [0.15, 0.2) is 17.2 Å². The molecule has 1 rings (SSSR count). The molecule has 0 fully saturated rings. The van der Waals surface area contributed by atoms with Gasteiger partial charge < -0.3 is 15.0 Å². The molecule has 0 saturated heterocycles. The Morgan fingerprint density at radius 2 is 2.21 bits per heavy atom. The minimum Gasteiger partial charge on any atom is -0.481 e. The van der Waals surface area contributed by atoms with Crippen LogP contribution in [0.5, 0.6) is 0 Å². The number of anilines is 1. The number of nitrogens with one attached hydrogen (secondary N) is 1. The van der Waals surface area contributed by atoms with Crippen molar-refractivity contribution < 1.29 is 9.90 Å². The van der Waals surface area contributed by atoms with Crippen LogP contribution in [0.3, 0.4) is 0 Å². The summed E-state index contributed by atoms with van der Waals surface area (Å²) in [7, 11) is 0. The number of nitrogens with zero attached hydrogens (tertiary/aromatic N) is 2. The second-order valence-corrected chi connectivity index (χ2v) is 4.95. The summed E-state index contributed by atoms with van der Waals surface area (Å²) in [6.07, 6.45) is 3.70. The molecule has 1 heterocycles. The van der Waals surface area contributed by atoms with E-state index in [4.69, 9.17) is 5.11 Å². The maximum absolute atomic E-state index is 12.1. The van der Waals surface area contributed by atoms with E-state index in [1.165, 1.54) is 0 Å². The first-order valence-electron chi connectivity index (χ1n) is 6.47. The number of carbonyl (C=O) groups is 1. The number of hydrogen-bond acceptors (Lipinski definition) is 4. The summed E-state index contributed by atoms with van der Waals surface area (Å²) in [5.74, 6) is -0.813. The van der Waals surface area contributed by atoms with Crippen LogP contribution in [0.2, 0.25) is 0 Å². The summed E-state index contributed by atoms with van der Waals surface area (Å²) in [6.45, 7) is 6.68. The molecule has 1 unspecified atom stereocenters. The molecule has 1 atom stereocenters. The molecule has 106 valence electrons. The van der Waals surface area contributed by atoms with Crippen molar-refractivity contribution in [2.45, 2.75) is 33.7 Å². The van der Waals surface area contributed by atoms with Gasteiger partial charge in [0.15, 0.2) is 5.82 Å². The van der Waals surface area contributed by atoms with Crippen molar-refractivity contribution in [3.05, 3.63) is 22.7 Å². The molecule has 6 heteroatoms. The lowest BCUT2D eigenvalue weighted by Crippen LogP contribution is -2.29. The van der Waals surface area contributed by atoms with Gasteiger partial charge in [-0.1, -0.05) is 20.8 Å². The molecule has 0 aliphatic rings. The van der Waals surface area contributed by atoms with Crippen LogP contribution in [0.4, 0.5) is 5.82 Å². The normalized spacial score (nSPS) is 12.4. The monoisotopic (exact) mass is 267 g/mol. The van der Waals surface area contributed by atoms with E-state index in [2.05, 4.69) is 10.3 Å². The van der Waals surface area contributed by atoms with Crippen LogP contribution in [0.1, 0.15) is 27.2 Å². The van der Waals surface area contributed by atoms with Crippen molar-refractivity contribution >= 4 is 11.8 Å². The zero-order valence-corrected chi connectivity index (χ0v) is 11.6. The number of aromatic nitrogens is 2. The zero-order valence-electron chi connectivity index (χ0n) is 11.6. The quantitative estimate of drug-likeness (QED) is 0.780. The average Bonchev–Trinajstić information content (AvgIpc) is 2.33. The highest BCUT2D eigenvalue weighted by Crippen LogP contribution is 2.04. The largest absolute Gasteiger partial charge is 0.481 e. The van der Waals surface area contributed by atoms with Crippen molar-refractivity contribution in [2.24, 2.45) is 11.8 Å². The Morgan fingerprint density at radius 1 is 1.53 bits per heavy atom. The minimum atomic E-state index is -0.867. The molecule has 0 aromatic carbocycles.